The lowest BCUT2D eigenvalue weighted by atomic mass is 9.92. The lowest BCUT2D eigenvalue weighted by Gasteiger charge is -2.09. The Hall–Kier alpha value is -1.53. The van der Waals surface area contributed by atoms with Gasteiger partial charge in [0.15, 0.2) is 5.78 Å². The van der Waals surface area contributed by atoms with Gasteiger partial charge in [-0.15, -0.1) is 0 Å². The van der Waals surface area contributed by atoms with Crippen LogP contribution in [0.4, 0.5) is 0 Å². The summed E-state index contributed by atoms with van der Waals surface area (Å²) >= 11 is 17.5. The maximum Gasteiger partial charge on any atom is 0.184 e. The van der Waals surface area contributed by atoms with Crippen LogP contribution in [0.15, 0.2) is 42.5 Å². The highest BCUT2D eigenvalue weighted by atomic mass is 35.5. The summed E-state index contributed by atoms with van der Waals surface area (Å²) in [5.41, 5.74) is 0.939. The van der Waals surface area contributed by atoms with Crippen molar-refractivity contribution in [1.29, 1.82) is 5.26 Å². The average Bonchev–Trinajstić information content (AvgIpc) is 2.44. The van der Waals surface area contributed by atoms with Gasteiger partial charge in [0.1, 0.15) is 5.92 Å². The highest BCUT2D eigenvalue weighted by Crippen LogP contribution is 2.28. The first-order valence-electron chi connectivity index (χ1n) is 5.67. The lowest BCUT2D eigenvalue weighted by Crippen LogP contribution is -2.11. The van der Waals surface area contributed by atoms with Crippen molar-refractivity contribution in [3.05, 3.63) is 68.7 Å². The van der Waals surface area contributed by atoms with Crippen LogP contribution in [0.2, 0.25) is 15.1 Å². The van der Waals surface area contributed by atoms with Gasteiger partial charge in [-0.05, 0) is 42.0 Å². The van der Waals surface area contributed by atoms with E-state index in [0.29, 0.717) is 26.2 Å². The van der Waals surface area contributed by atoms with E-state index in [4.69, 9.17) is 34.8 Å². The van der Waals surface area contributed by atoms with Gasteiger partial charge < -0.3 is 0 Å². The first-order valence-corrected chi connectivity index (χ1v) is 6.80. The Labute approximate surface area is 131 Å². The van der Waals surface area contributed by atoms with Crippen LogP contribution < -0.4 is 0 Å². The van der Waals surface area contributed by atoms with Crippen LogP contribution in [0.5, 0.6) is 0 Å². The molecule has 20 heavy (non-hydrogen) atoms. The Balaban J connectivity index is 2.37. The maximum atomic E-state index is 12.3. The minimum Gasteiger partial charge on any atom is -0.292 e. The normalized spacial score (nSPS) is 11.7. The standard InChI is InChI=1S/C15H8Cl3NO/c16-11-4-1-9(2-5-11)15(20)12(8-19)10-3-6-13(17)14(18)7-10/h1-7,12H. The summed E-state index contributed by atoms with van der Waals surface area (Å²) in [4.78, 5) is 12.3. The van der Waals surface area contributed by atoms with Crippen LogP contribution in [0.25, 0.3) is 0 Å². The van der Waals surface area contributed by atoms with E-state index in [0.717, 1.165) is 0 Å². The van der Waals surface area contributed by atoms with Gasteiger partial charge in [-0.1, -0.05) is 40.9 Å². The molecular weight excluding hydrogens is 317 g/mol. The minimum absolute atomic E-state index is 0.303. The number of ketones is 1. The molecule has 2 aromatic carbocycles. The van der Waals surface area contributed by atoms with Gasteiger partial charge in [0.2, 0.25) is 0 Å². The van der Waals surface area contributed by atoms with Gasteiger partial charge in [-0.2, -0.15) is 5.26 Å². The topological polar surface area (TPSA) is 40.9 Å². The second-order valence-corrected chi connectivity index (χ2v) is 5.36. The molecule has 0 spiro atoms. The van der Waals surface area contributed by atoms with E-state index in [2.05, 4.69) is 0 Å². The van der Waals surface area contributed by atoms with Crippen molar-refractivity contribution in [2.75, 3.05) is 0 Å². The van der Waals surface area contributed by atoms with Crippen molar-refractivity contribution in [1.82, 2.24) is 0 Å². The fourth-order valence-corrected chi connectivity index (χ4v) is 2.19. The zero-order valence-electron chi connectivity index (χ0n) is 10.1. The van der Waals surface area contributed by atoms with E-state index in [1.165, 1.54) is 6.07 Å². The van der Waals surface area contributed by atoms with Gasteiger partial charge >= 0.3 is 0 Å². The predicted octanol–water partition coefficient (Wildman–Crippen LogP) is 5.14. The smallest absolute Gasteiger partial charge is 0.184 e. The first kappa shape index (κ1) is 14.9. The highest BCUT2D eigenvalue weighted by molar-refractivity contribution is 6.42. The average molecular weight is 325 g/mol. The van der Waals surface area contributed by atoms with Crippen LogP contribution in [-0.4, -0.2) is 5.78 Å². The molecule has 100 valence electrons. The molecule has 0 aliphatic rings. The zero-order chi connectivity index (χ0) is 14.7. The number of rotatable bonds is 3. The largest absolute Gasteiger partial charge is 0.292 e. The van der Waals surface area contributed by atoms with E-state index >= 15 is 0 Å². The van der Waals surface area contributed by atoms with Crippen molar-refractivity contribution >= 4 is 40.6 Å². The van der Waals surface area contributed by atoms with Gasteiger partial charge in [0.25, 0.3) is 0 Å². The number of halogens is 3. The first-order chi connectivity index (χ1) is 9.52. The molecule has 0 heterocycles. The summed E-state index contributed by atoms with van der Waals surface area (Å²) in [6.07, 6.45) is 0. The SMILES string of the molecule is N#CC(C(=O)c1ccc(Cl)cc1)c1ccc(Cl)c(Cl)c1. The number of carbonyl (C=O) groups excluding carboxylic acids is 1. The van der Waals surface area contributed by atoms with Crippen molar-refractivity contribution in [2.45, 2.75) is 5.92 Å². The fourth-order valence-electron chi connectivity index (χ4n) is 1.76. The van der Waals surface area contributed by atoms with Gasteiger partial charge in [0, 0.05) is 10.6 Å². The van der Waals surface area contributed by atoms with E-state index < -0.39 is 5.92 Å². The molecule has 0 aliphatic carbocycles. The molecule has 0 N–H and O–H groups in total. The Morgan fingerprint density at radius 3 is 2.20 bits per heavy atom. The van der Waals surface area contributed by atoms with Crippen LogP contribution >= 0.6 is 34.8 Å². The summed E-state index contributed by atoms with van der Waals surface area (Å²) in [6, 6.07) is 13.1. The molecule has 1 atom stereocenters. The number of benzene rings is 2. The highest BCUT2D eigenvalue weighted by Gasteiger charge is 2.22. The molecule has 1 unspecified atom stereocenters. The third kappa shape index (κ3) is 3.13. The van der Waals surface area contributed by atoms with Crippen molar-refractivity contribution in [3.8, 4) is 6.07 Å². The number of carbonyl (C=O) groups is 1. The number of hydrogen-bond donors (Lipinski definition) is 0. The second-order valence-electron chi connectivity index (χ2n) is 4.11. The van der Waals surface area contributed by atoms with Crippen LogP contribution in [0, 0.1) is 11.3 Å². The van der Waals surface area contributed by atoms with Crippen LogP contribution in [0.3, 0.4) is 0 Å². The molecule has 5 heteroatoms. The molecule has 2 aromatic rings. The predicted molar refractivity (Wildman–Crippen MR) is 80.6 cm³/mol. The molecule has 2 rings (SSSR count). The molecule has 0 saturated heterocycles. The summed E-state index contributed by atoms with van der Waals surface area (Å²) in [7, 11) is 0. The van der Waals surface area contributed by atoms with Crippen molar-refractivity contribution in [3.63, 3.8) is 0 Å². The third-order valence-corrected chi connectivity index (χ3v) is 3.79. The summed E-state index contributed by atoms with van der Waals surface area (Å²) in [5, 5.41) is 10.5. The summed E-state index contributed by atoms with van der Waals surface area (Å²) in [5.74, 6) is -1.23. The van der Waals surface area contributed by atoms with Crippen molar-refractivity contribution in [2.24, 2.45) is 0 Å². The quantitative estimate of drug-likeness (QED) is 0.734. The lowest BCUT2D eigenvalue weighted by molar-refractivity contribution is 0.0979. The minimum atomic E-state index is -0.925. The molecule has 0 bridgehead atoms. The molecule has 0 fully saturated rings. The third-order valence-electron chi connectivity index (χ3n) is 2.80. The number of nitrogens with zero attached hydrogens (tertiary/aromatic N) is 1. The van der Waals surface area contributed by atoms with Crippen LogP contribution in [-0.2, 0) is 0 Å². The Morgan fingerprint density at radius 2 is 1.65 bits per heavy atom. The van der Waals surface area contributed by atoms with Crippen LogP contribution in [0.1, 0.15) is 21.8 Å². The van der Waals surface area contributed by atoms with Gasteiger partial charge in [-0.3, -0.25) is 4.79 Å². The molecule has 2 nitrogen and oxygen atoms in total. The molecule has 0 aromatic heterocycles. The Kier molecular flexibility index (Phi) is 4.67. The zero-order valence-corrected chi connectivity index (χ0v) is 12.4. The molecule has 0 radical (unpaired) electrons. The van der Waals surface area contributed by atoms with E-state index in [1.54, 1.807) is 36.4 Å². The van der Waals surface area contributed by atoms with Gasteiger partial charge in [-0.25, -0.2) is 0 Å². The summed E-state index contributed by atoms with van der Waals surface area (Å²) in [6.45, 7) is 0. The number of Topliss-reactive ketones (excluding diaryl/α,β-unsaturated/α-hetero) is 1. The monoisotopic (exact) mass is 323 g/mol. The molecule has 0 saturated carbocycles. The van der Waals surface area contributed by atoms with Crippen molar-refractivity contribution < 1.29 is 4.79 Å². The molecule has 0 amide bonds. The summed E-state index contributed by atoms with van der Waals surface area (Å²) < 4.78 is 0. The van der Waals surface area contributed by atoms with E-state index in [9.17, 15) is 10.1 Å². The fraction of sp³-hybridized carbons (Fsp3) is 0.0667. The van der Waals surface area contributed by atoms with E-state index in [1.807, 2.05) is 6.07 Å². The molecule has 0 aliphatic heterocycles. The number of nitriles is 1. The second kappa shape index (κ2) is 6.28. The van der Waals surface area contributed by atoms with Gasteiger partial charge in [0.05, 0.1) is 16.1 Å². The number of hydrogen-bond acceptors (Lipinski definition) is 2. The Morgan fingerprint density at radius 1 is 1.00 bits per heavy atom. The molecular formula is C15H8Cl3NO. The maximum absolute atomic E-state index is 12.3. The van der Waals surface area contributed by atoms with E-state index in [-0.39, 0.29) is 5.78 Å². The Bertz CT molecular complexity index is 689.